The largest absolute Gasteiger partial charge is 0.399 e. The predicted octanol–water partition coefficient (Wildman–Crippen LogP) is -0.574. The fourth-order valence-electron chi connectivity index (χ4n) is 2.66. The number of aromatic amines is 1. The second-order valence-corrected chi connectivity index (χ2v) is 5.45. The van der Waals surface area contributed by atoms with E-state index >= 15 is 0 Å². The monoisotopic (exact) mass is 319 g/mol. The van der Waals surface area contributed by atoms with Crippen molar-refractivity contribution in [1.82, 2.24) is 9.55 Å². The van der Waals surface area contributed by atoms with Crippen LogP contribution in [0.15, 0.2) is 40.1 Å². The highest BCUT2D eigenvalue weighted by Crippen LogP contribution is 2.28. The minimum absolute atomic E-state index is 0.146. The van der Waals surface area contributed by atoms with Gasteiger partial charge in [-0.25, -0.2) is 4.79 Å². The average molecular weight is 319 g/mol. The summed E-state index contributed by atoms with van der Waals surface area (Å²) >= 11 is 0. The molecule has 122 valence electrons. The molecule has 1 fully saturated rings. The second kappa shape index (κ2) is 5.99. The van der Waals surface area contributed by atoms with E-state index in [4.69, 9.17) is 15.6 Å². The van der Waals surface area contributed by atoms with E-state index in [1.54, 1.807) is 24.3 Å². The van der Waals surface area contributed by atoms with Gasteiger partial charge in [0.05, 0.1) is 18.3 Å². The number of anilines is 1. The highest BCUT2D eigenvalue weighted by Gasteiger charge is 2.35. The lowest BCUT2D eigenvalue weighted by Gasteiger charge is -2.15. The van der Waals surface area contributed by atoms with Crippen LogP contribution in [0, 0.1) is 0 Å². The van der Waals surface area contributed by atoms with Crippen LogP contribution in [-0.4, -0.2) is 38.6 Å². The Morgan fingerprint density at radius 2 is 2.17 bits per heavy atom. The van der Waals surface area contributed by atoms with Gasteiger partial charge in [0.15, 0.2) is 0 Å². The van der Waals surface area contributed by atoms with Crippen LogP contribution >= 0.6 is 0 Å². The van der Waals surface area contributed by atoms with E-state index in [9.17, 15) is 14.7 Å². The summed E-state index contributed by atoms with van der Waals surface area (Å²) in [6.07, 6.45) is -0.860. The number of rotatable bonds is 3. The Hall–Kier alpha value is -2.42. The maximum atomic E-state index is 12.1. The van der Waals surface area contributed by atoms with Gasteiger partial charge in [0, 0.05) is 18.3 Å². The summed E-state index contributed by atoms with van der Waals surface area (Å²) in [4.78, 5) is 26.3. The minimum atomic E-state index is -0.875. The summed E-state index contributed by atoms with van der Waals surface area (Å²) in [6, 6.07) is 6.73. The van der Waals surface area contributed by atoms with Crippen LogP contribution in [0.2, 0.25) is 0 Å². The molecule has 1 aromatic carbocycles. The number of hydrogen-bond acceptors (Lipinski definition) is 6. The van der Waals surface area contributed by atoms with Gasteiger partial charge in [-0.15, -0.1) is 0 Å². The van der Waals surface area contributed by atoms with E-state index in [-0.39, 0.29) is 18.6 Å². The Bertz CT molecular complexity index is 828. The van der Waals surface area contributed by atoms with Crippen molar-refractivity contribution in [2.45, 2.75) is 24.9 Å². The molecule has 0 amide bonds. The molecule has 1 aliphatic rings. The highest BCUT2D eigenvalue weighted by molar-refractivity contribution is 5.65. The number of nitrogens with two attached hydrogens (primary N) is 1. The van der Waals surface area contributed by atoms with Crippen molar-refractivity contribution in [3.63, 3.8) is 0 Å². The standard InChI is InChI=1S/C15H17N3O5/c16-9-3-1-2-8(4-9)10-6-18(15(22)17-14(10)21)13-5-11(20)12(7-19)23-13/h1-4,6,11-13,19-20H,5,7,16H2,(H,17,21,22)/t11-,12-,13-/m1/s1. The number of nitrogens with zero attached hydrogens (tertiary/aromatic N) is 1. The van der Waals surface area contributed by atoms with Crippen LogP contribution in [0.4, 0.5) is 5.69 Å². The topological polar surface area (TPSA) is 131 Å². The molecular weight excluding hydrogens is 302 g/mol. The first-order valence-corrected chi connectivity index (χ1v) is 7.15. The van der Waals surface area contributed by atoms with Gasteiger partial charge in [0.1, 0.15) is 12.3 Å². The number of aliphatic hydroxyl groups excluding tert-OH is 2. The van der Waals surface area contributed by atoms with Gasteiger partial charge in [-0.2, -0.15) is 0 Å². The van der Waals surface area contributed by atoms with Gasteiger partial charge in [-0.1, -0.05) is 12.1 Å². The van der Waals surface area contributed by atoms with Crippen LogP contribution in [0.3, 0.4) is 0 Å². The van der Waals surface area contributed by atoms with Gasteiger partial charge in [0.2, 0.25) is 0 Å². The van der Waals surface area contributed by atoms with Gasteiger partial charge >= 0.3 is 5.69 Å². The molecule has 0 saturated carbocycles. The molecule has 0 bridgehead atoms. The Morgan fingerprint density at radius 3 is 2.83 bits per heavy atom. The molecule has 8 heteroatoms. The van der Waals surface area contributed by atoms with Crippen molar-refractivity contribution in [3.05, 3.63) is 51.3 Å². The van der Waals surface area contributed by atoms with Crippen molar-refractivity contribution < 1.29 is 14.9 Å². The fourth-order valence-corrected chi connectivity index (χ4v) is 2.66. The third kappa shape index (κ3) is 2.91. The van der Waals surface area contributed by atoms with Crippen LogP contribution in [0.5, 0.6) is 0 Å². The molecule has 0 aliphatic carbocycles. The summed E-state index contributed by atoms with van der Waals surface area (Å²) in [5, 5.41) is 18.9. The lowest BCUT2D eigenvalue weighted by atomic mass is 10.1. The van der Waals surface area contributed by atoms with E-state index < -0.39 is 29.7 Å². The molecule has 1 saturated heterocycles. The normalized spacial score (nSPS) is 24.0. The summed E-state index contributed by atoms with van der Waals surface area (Å²) in [7, 11) is 0. The number of nitrogens with one attached hydrogen (secondary N) is 1. The fraction of sp³-hybridized carbons (Fsp3) is 0.333. The molecule has 3 atom stereocenters. The number of ether oxygens (including phenoxy) is 1. The number of nitrogen functional groups attached to an aromatic ring is 1. The van der Waals surface area contributed by atoms with Crippen molar-refractivity contribution in [2.75, 3.05) is 12.3 Å². The lowest BCUT2D eigenvalue weighted by molar-refractivity contribution is -0.0458. The summed E-state index contributed by atoms with van der Waals surface area (Å²) in [5.74, 6) is 0. The first kappa shape index (κ1) is 15.5. The molecule has 0 unspecified atom stereocenters. The Labute approximate surface area is 130 Å². The molecule has 2 aromatic rings. The molecule has 2 heterocycles. The number of hydrogen-bond donors (Lipinski definition) is 4. The van der Waals surface area contributed by atoms with E-state index in [2.05, 4.69) is 4.98 Å². The quantitative estimate of drug-likeness (QED) is 0.560. The summed E-state index contributed by atoms with van der Waals surface area (Å²) in [5.41, 5.74) is 5.88. The minimum Gasteiger partial charge on any atom is -0.399 e. The van der Waals surface area contributed by atoms with Crippen molar-refractivity contribution in [3.8, 4) is 11.1 Å². The molecule has 0 radical (unpaired) electrons. The zero-order chi connectivity index (χ0) is 16.6. The number of aromatic nitrogens is 2. The predicted molar refractivity (Wildman–Crippen MR) is 82.8 cm³/mol. The zero-order valence-corrected chi connectivity index (χ0v) is 12.2. The van der Waals surface area contributed by atoms with Crippen LogP contribution < -0.4 is 17.0 Å². The molecule has 5 N–H and O–H groups in total. The number of aliphatic hydroxyl groups is 2. The third-order valence-corrected chi connectivity index (χ3v) is 3.86. The Morgan fingerprint density at radius 1 is 1.39 bits per heavy atom. The average Bonchev–Trinajstić information content (AvgIpc) is 2.88. The molecule has 0 spiro atoms. The van der Waals surface area contributed by atoms with Gasteiger partial charge in [0.25, 0.3) is 5.56 Å². The smallest absolute Gasteiger partial charge is 0.330 e. The summed E-state index contributed by atoms with van der Waals surface area (Å²) in [6.45, 7) is -0.349. The summed E-state index contributed by atoms with van der Waals surface area (Å²) < 4.78 is 6.67. The van der Waals surface area contributed by atoms with E-state index in [0.717, 1.165) is 0 Å². The second-order valence-electron chi connectivity index (χ2n) is 5.45. The highest BCUT2D eigenvalue weighted by atomic mass is 16.5. The van der Waals surface area contributed by atoms with E-state index in [0.29, 0.717) is 11.3 Å². The third-order valence-electron chi connectivity index (χ3n) is 3.86. The van der Waals surface area contributed by atoms with Crippen LogP contribution in [0.25, 0.3) is 11.1 Å². The number of benzene rings is 1. The van der Waals surface area contributed by atoms with Crippen molar-refractivity contribution in [2.24, 2.45) is 0 Å². The maximum absolute atomic E-state index is 12.1. The van der Waals surface area contributed by atoms with E-state index in [1.807, 2.05) is 0 Å². The first-order valence-electron chi connectivity index (χ1n) is 7.15. The first-order chi connectivity index (χ1) is 11.0. The SMILES string of the molecule is Nc1cccc(-c2cn([C@H]3C[C@@H](O)[C@@H](CO)O3)c(=O)[nH]c2=O)c1. The van der Waals surface area contributed by atoms with Gasteiger partial charge in [-0.05, 0) is 17.7 Å². The Balaban J connectivity index is 2.05. The Kier molecular flexibility index (Phi) is 4.03. The molecule has 8 nitrogen and oxygen atoms in total. The van der Waals surface area contributed by atoms with Crippen molar-refractivity contribution in [1.29, 1.82) is 0 Å². The van der Waals surface area contributed by atoms with E-state index in [1.165, 1.54) is 10.8 Å². The van der Waals surface area contributed by atoms with Crippen molar-refractivity contribution >= 4 is 5.69 Å². The molecular formula is C15H17N3O5. The van der Waals surface area contributed by atoms with Gasteiger partial charge < -0.3 is 20.7 Å². The zero-order valence-electron chi connectivity index (χ0n) is 12.2. The maximum Gasteiger partial charge on any atom is 0.330 e. The number of H-pyrrole nitrogens is 1. The van der Waals surface area contributed by atoms with Crippen LogP contribution in [-0.2, 0) is 4.74 Å². The molecule has 1 aliphatic heterocycles. The van der Waals surface area contributed by atoms with Crippen LogP contribution in [0.1, 0.15) is 12.6 Å². The molecule has 23 heavy (non-hydrogen) atoms. The molecule has 1 aromatic heterocycles. The van der Waals surface area contributed by atoms with Gasteiger partial charge in [-0.3, -0.25) is 14.3 Å². The molecule has 3 rings (SSSR count). The lowest BCUT2D eigenvalue weighted by Crippen LogP contribution is -2.33.